The van der Waals surface area contributed by atoms with Crippen molar-refractivity contribution in [2.45, 2.75) is 0 Å². The SMILES string of the molecule is O=C(O)O.Oc1cc[c-]nc1.[O]=[V]=[O]. The molecule has 0 aliphatic carbocycles. The van der Waals surface area contributed by atoms with Gasteiger partial charge in [-0.25, -0.2) is 4.79 Å². The summed E-state index contributed by atoms with van der Waals surface area (Å²) >= 11 is -1.81. The van der Waals surface area contributed by atoms with Crippen molar-refractivity contribution in [2.75, 3.05) is 0 Å². The van der Waals surface area contributed by atoms with E-state index in [9.17, 15) is 0 Å². The van der Waals surface area contributed by atoms with Crippen molar-refractivity contribution in [3.8, 4) is 5.75 Å². The van der Waals surface area contributed by atoms with Crippen molar-refractivity contribution >= 4 is 6.16 Å². The molecule has 8 heteroatoms. The van der Waals surface area contributed by atoms with Crippen LogP contribution in [0.4, 0.5) is 4.79 Å². The summed E-state index contributed by atoms with van der Waals surface area (Å²) in [6.07, 6.45) is 2.02. The van der Waals surface area contributed by atoms with E-state index in [1.807, 2.05) is 0 Å². The Bertz CT molecular complexity index is 280. The van der Waals surface area contributed by atoms with E-state index in [2.05, 4.69) is 11.2 Å². The molecule has 0 spiro atoms. The first kappa shape index (κ1) is 14.9. The molecule has 1 rings (SSSR count). The van der Waals surface area contributed by atoms with Crippen molar-refractivity contribution in [3.63, 3.8) is 0 Å². The topological polar surface area (TPSA) is 125 Å². The molecular formula is C6H6NO6V-. The zero-order valence-corrected chi connectivity index (χ0v) is 8.09. The van der Waals surface area contributed by atoms with Crippen LogP contribution >= 0.6 is 0 Å². The fourth-order valence-electron chi connectivity index (χ4n) is 0.312. The van der Waals surface area contributed by atoms with Crippen LogP contribution in [-0.2, 0) is 23.5 Å². The minimum absolute atomic E-state index is 0.179. The molecule has 0 atom stereocenters. The minimum atomic E-state index is -1.83. The monoisotopic (exact) mass is 239 g/mol. The average Bonchev–Trinajstić information content (AvgIpc) is 2.05. The number of carboxylic acid groups (broad SMARTS) is 2. The number of rotatable bonds is 0. The number of hydrogen-bond donors (Lipinski definition) is 3. The van der Waals surface area contributed by atoms with Gasteiger partial charge in [-0.05, 0) is 6.20 Å². The molecule has 0 amide bonds. The van der Waals surface area contributed by atoms with Gasteiger partial charge in [-0.2, -0.15) is 6.07 Å². The maximum absolute atomic E-state index is 8.56. The fraction of sp³-hybridized carbons (Fsp3) is 0. The zero-order chi connectivity index (χ0) is 11.4. The van der Waals surface area contributed by atoms with Crippen molar-refractivity contribution in [1.82, 2.24) is 4.98 Å². The first-order valence-electron chi connectivity index (χ1n) is 2.92. The fourth-order valence-corrected chi connectivity index (χ4v) is 0.312. The average molecular weight is 239 g/mol. The van der Waals surface area contributed by atoms with Gasteiger partial charge >= 0.3 is 29.7 Å². The normalized spacial score (nSPS) is 6.57. The molecule has 0 saturated carbocycles. The van der Waals surface area contributed by atoms with E-state index in [0.29, 0.717) is 0 Å². The summed E-state index contributed by atoms with van der Waals surface area (Å²) in [6, 6.07) is 3.07. The third kappa shape index (κ3) is 22.4. The molecule has 1 heterocycles. The molecule has 0 aliphatic rings. The summed E-state index contributed by atoms with van der Waals surface area (Å²) in [5, 5.41) is 22.5. The second-order valence-corrected chi connectivity index (χ2v) is 1.74. The summed E-state index contributed by atoms with van der Waals surface area (Å²) in [5.41, 5.74) is 0. The van der Waals surface area contributed by atoms with Crippen LogP contribution in [-0.4, -0.2) is 26.5 Å². The quantitative estimate of drug-likeness (QED) is 0.565. The summed E-state index contributed by atoms with van der Waals surface area (Å²) in [7, 11) is 0. The number of aromatic nitrogens is 1. The Hall–Kier alpha value is -1.60. The van der Waals surface area contributed by atoms with Gasteiger partial charge in [-0.3, -0.25) is 0 Å². The van der Waals surface area contributed by atoms with Gasteiger partial charge in [0.15, 0.2) is 0 Å². The van der Waals surface area contributed by atoms with Gasteiger partial charge in [0.2, 0.25) is 0 Å². The number of carbonyl (C=O) groups is 1. The van der Waals surface area contributed by atoms with Gasteiger partial charge in [0.05, 0.1) is 0 Å². The number of pyridine rings is 1. The van der Waals surface area contributed by atoms with Crippen molar-refractivity contribution in [3.05, 3.63) is 24.5 Å². The van der Waals surface area contributed by atoms with Gasteiger partial charge in [0.25, 0.3) is 0 Å². The molecule has 77 valence electrons. The number of aromatic hydroxyl groups is 1. The van der Waals surface area contributed by atoms with E-state index in [4.69, 9.17) is 27.5 Å². The van der Waals surface area contributed by atoms with Crippen LogP contribution in [0.5, 0.6) is 5.75 Å². The van der Waals surface area contributed by atoms with E-state index in [0.717, 1.165) is 0 Å². The molecule has 0 aromatic carbocycles. The van der Waals surface area contributed by atoms with Gasteiger partial charge in [-0.15, -0.1) is 6.07 Å². The molecule has 0 unspecified atom stereocenters. The zero-order valence-electron chi connectivity index (χ0n) is 6.69. The molecule has 0 bridgehead atoms. The van der Waals surface area contributed by atoms with Gasteiger partial charge < -0.3 is 20.3 Å². The summed E-state index contributed by atoms with van der Waals surface area (Å²) in [4.78, 5) is 12.1. The van der Waals surface area contributed by atoms with Gasteiger partial charge in [0, 0.05) is 5.75 Å². The van der Waals surface area contributed by atoms with Crippen LogP contribution in [0.2, 0.25) is 0 Å². The Morgan fingerprint density at radius 3 is 2.00 bits per heavy atom. The Morgan fingerprint density at radius 2 is 1.86 bits per heavy atom. The van der Waals surface area contributed by atoms with Crippen LogP contribution < -0.4 is 0 Å². The van der Waals surface area contributed by atoms with Crippen LogP contribution in [0.1, 0.15) is 0 Å². The van der Waals surface area contributed by atoms with E-state index >= 15 is 0 Å². The summed E-state index contributed by atoms with van der Waals surface area (Å²) in [6.45, 7) is 0. The van der Waals surface area contributed by atoms with Crippen molar-refractivity contribution in [2.24, 2.45) is 0 Å². The van der Waals surface area contributed by atoms with Crippen LogP contribution in [0.25, 0.3) is 0 Å². The molecule has 1 aromatic rings. The Balaban J connectivity index is 0. The molecule has 0 radical (unpaired) electrons. The third-order valence-corrected chi connectivity index (χ3v) is 0.600. The predicted molar refractivity (Wildman–Crippen MR) is 36.8 cm³/mol. The first-order chi connectivity index (χ1) is 6.54. The van der Waals surface area contributed by atoms with Crippen LogP contribution in [0.3, 0.4) is 0 Å². The Kier molecular flexibility index (Phi) is 12.1. The maximum atomic E-state index is 8.56. The molecule has 14 heavy (non-hydrogen) atoms. The number of hydrogen-bond acceptors (Lipinski definition) is 5. The van der Waals surface area contributed by atoms with E-state index < -0.39 is 22.3 Å². The van der Waals surface area contributed by atoms with Crippen molar-refractivity contribution < 1.29 is 43.6 Å². The van der Waals surface area contributed by atoms with Crippen LogP contribution in [0, 0.1) is 6.20 Å². The Morgan fingerprint density at radius 1 is 1.43 bits per heavy atom. The van der Waals surface area contributed by atoms with Gasteiger partial charge in [-0.1, -0.05) is 6.20 Å². The van der Waals surface area contributed by atoms with E-state index in [-0.39, 0.29) is 5.75 Å². The molecule has 0 fully saturated rings. The second kappa shape index (κ2) is 11.4. The molecule has 7 nitrogen and oxygen atoms in total. The standard InChI is InChI=1S/C5H4NO.CH2O3.2O.V/c7-5-2-1-3-6-4-5;2-1(3)4;;;/h1-2,4,7H;(H2,2,3,4);;;/q-1;;;;. The molecule has 3 N–H and O–H groups in total. The second-order valence-electron chi connectivity index (χ2n) is 1.50. The van der Waals surface area contributed by atoms with Crippen molar-refractivity contribution in [1.29, 1.82) is 0 Å². The third-order valence-electron chi connectivity index (χ3n) is 0.600. The number of nitrogens with zero attached hydrogens (tertiary/aromatic N) is 1. The molecule has 1 aromatic heterocycles. The summed E-state index contributed by atoms with van der Waals surface area (Å²) in [5.74, 6) is 0.179. The molecular weight excluding hydrogens is 233 g/mol. The Labute approximate surface area is 85.6 Å². The van der Waals surface area contributed by atoms with Crippen LogP contribution in [0.15, 0.2) is 18.3 Å². The molecule has 0 aliphatic heterocycles. The summed E-state index contributed by atoms with van der Waals surface area (Å²) < 4.78 is 16.9. The predicted octanol–water partition coefficient (Wildman–Crippen LogP) is 0.570. The van der Waals surface area contributed by atoms with E-state index in [1.165, 1.54) is 12.3 Å². The molecule has 0 saturated heterocycles. The van der Waals surface area contributed by atoms with E-state index in [1.54, 1.807) is 6.07 Å². The first-order valence-corrected chi connectivity index (χ1v) is 4.06. The van der Waals surface area contributed by atoms with Gasteiger partial charge in [0.1, 0.15) is 0 Å².